The maximum absolute atomic E-state index is 14.2. The molecular weight excluding hydrogens is 492 g/mol. The van der Waals surface area contributed by atoms with Crippen LogP contribution in [0.2, 0.25) is 0 Å². The summed E-state index contributed by atoms with van der Waals surface area (Å²) in [6.45, 7) is 16.7. The van der Waals surface area contributed by atoms with E-state index in [1.54, 1.807) is 7.11 Å². The molecule has 4 unspecified atom stereocenters. The largest absolute Gasteiger partial charge is 0.496 e. The monoisotopic (exact) mass is 536 g/mol. The number of nitrogens with zero attached hydrogens (tertiary/aromatic N) is 2. The molecule has 192 valence electrons. The van der Waals surface area contributed by atoms with E-state index in [1.807, 2.05) is 23.1 Å². The van der Waals surface area contributed by atoms with E-state index in [0.29, 0.717) is 25.4 Å². The van der Waals surface area contributed by atoms with Crippen molar-refractivity contribution in [1.29, 1.82) is 0 Å². The molecule has 1 aromatic rings. The van der Waals surface area contributed by atoms with Gasteiger partial charge in [-0.1, -0.05) is 47.6 Å². The Kier molecular flexibility index (Phi) is 8.16. The van der Waals surface area contributed by atoms with Gasteiger partial charge in [0.25, 0.3) is 0 Å². The maximum Gasteiger partial charge on any atom is 0.233 e. The molecule has 2 fully saturated rings. The van der Waals surface area contributed by atoms with Crippen LogP contribution in [-0.4, -0.2) is 66.8 Å². The summed E-state index contributed by atoms with van der Waals surface area (Å²) < 4.78 is 6.26. The number of carbonyl (C=O) groups is 1. The van der Waals surface area contributed by atoms with Crippen LogP contribution in [0.3, 0.4) is 0 Å². The molecule has 1 N–H and O–H groups in total. The Morgan fingerprint density at radius 3 is 2.24 bits per heavy atom. The van der Waals surface area contributed by atoms with Crippen molar-refractivity contribution in [2.24, 2.45) is 22.7 Å². The van der Waals surface area contributed by atoms with Crippen molar-refractivity contribution >= 4 is 21.8 Å². The molecule has 4 atom stereocenters. The Balaban J connectivity index is 2.09. The van der Waals surface area contributed by atoms with E-state index in [4.69, 9.17) is 4.74 Å². The first-order valence-electron chi connectivity index (χ1n) is 12.7. The molecular formula is C28H45BrN2O3. The van der Waals surface area contributed by atoms with E-state index in [-0.39, 0.29) is 22.7 Å². The zero-order valence-corrected chi connectivity index (χ0v) is 24.0. The van der Waals surface area contributed by atoms with Crippen LogP contribution in [0.4, 0.5) is 0 Å². The van der Waals surface area contributed by atoms with Crippen molar-refractivity contribution in [2.75, 3.05) is 40.3 Å². The fraction of sp³-hybridized carbons (Fsp3) is 0.750. The van der Waals surface area contributed by atoms with Crippen LogP contribution in [0, 0.1) is 22.7 Å². The van der Waals surface area contributed by atoms with Crippen LogP contribution >= 0.6 is 15.9 Å². The SMILES string of the molecule is COc1ccc(C(C(=O)N2CCN(C)CC2)C2(O)CCC(C(C)(C)C)CC2C(C)(C)C)cc1Br. The molecule has 34 heavy (non-hydrogen) atoms. The quantitative estimate of drug-likeness (QED) is 0.547. The number of aliphatic hydroxyl groups is 1. The highest BCUT2D eigenvalue weighted by Crippen LogP contribution is 2.55. The summed E-state index contributed by atoms with van der Waals surface area (Å²) in [5, 5.41) is 12.6. The summed E-state index contributed by atoms with van der Waals surface area (Å²) in [5.74, 6) is 0.684. The van der Waals surface area contributed by atoms with Crippen LogP contribution in [0.1, 0.15) is 72.3 Å². The van der Waals surface area contributed by atoms with Crippen molar-refractivity contribution < 1.29 is 14.6 Å². The van der Waals surface area contributed by atoms with Crippen molar-refractivity contribution in [1.82, 2.24) is 9.80 Å². The zero-order chi connectivity index (χ0) is 25.5. The Morgan fingerprint density at radius 1 is 1.12 bits per heavy atom. The molecule has 0 bridgehead atoms. The smallest absolute Gasteiger partial charge is 0.233 e. The van der Waals surface area contributed by atoms with Crippen molar-refractivity contribution in [3.8, 4) is 5.75 Å². The number of rotatable bonds is 4. The Morgan fingerprint density at radius 2 is 1.74 bits per heavy atom. The summed E-state index contributed by atoms with van der Waals surface area (Å²) in [7, 11) is 3.74. The molecule has 1 heterocycles. The highest BCUT2D eigenvalue weighted by atomic mass is 79.9. The Bertz CT molecular complexity index is 867. The average molecular weight is 538 g/mol. The summed E-state index contributed by atoms with van der Waals surface area (Å²) >= 11 is 3.62. The van der Waals surface area contributed by atoms with E-state index < -0.39 is 11.5 Å². The van der Waals surface area contributed by atoms with Gasteiger partial charge >= 0.3 is 0 Å². The van der Waals surface area contributed by atoms with Gasteiger partial charge in [-0.3, -0.25) is 4.79 Å². The predicted molar refractivity (Wildman–Crippen MR) is 142 cm³/mol. The fourth-order valence-electron chi connectivity index (χ4n) is 6.14. The summed E-state index contributed by atoms with van der Waals surface area (Å²) in [6.07, 6.45) is 2.48. The summed E-state index contributed by atoms with van der Waals surface area (Å²) in [4.78, 5) is 18.4. The first kappa shape index (κ1) is 27.5. The molecule has 3 rings (SSSR count). The third-order valence-electron chi connectivity index (χ3n) is 8.36. The van der Waals surface area contributed by atoms with Crippen molar-refractivity contribution in [3.05, 3.63) is 28.2 Å². The molecule has 1 aliphatic carbocycles. The lowest BCUT2D eigenvalue weighted by molar-refractivity contribution is -0.160. The van der Waals surface area contributed by atoms with Crippen LogP contribution in [0.5, 0.6) is 5.75 Å². The lowest BCUT2D eigenvalue weighted by Crippen LogP contribution is -2.59. The molecule has 1 aliphatic heterocycles. The molecule has 5 nitrogen and oxygen atoms in total. The van der Waals surface area contributed by atoms with E-state index >= 15 is 0 Å². The Hall–Kier alpha value is -1.11. The van der Waals surface area contributed by atoms with Gasteiger partial charge in [-0.25, -0.2) is 0 Å². The van der Waals surface area contributed by atoms with E-state index in [1.165, 1.54) is 0 Å². The second kappa shape index (κ2) is 10.1. The lowest BCUT2D eigenvalue weighted by atomic mass is 9.53. The van der Waals surface area contributed by atoms with Crippen LogP contribution in [0.25, 0.3) is 0 Å². The molecule has 6 heteroatoms. The van der Waals surface area contributed by atoms with Gasteiger partial charge in [0.2, 0.25) is 5.91 Å². The van der Waals surface area contributed by atoms with Gasteiger partial charge in [0, 0.05) is 26.2 Å². The minimum Gasteiger partial charge on any atom is -0.496 e. The van der Waals surface area contributed by atoms with Crippen molar-refractivity contribution in [3.63, 3.8) is 0 Å². The van der Waals surface area contributed by atoms with E-state index in [2.05, 4.69) is 69.4 Å². The number of carbonyl (C=O) groups excluding carboxylic acids is 1. The van der Waals surface area contributed by atoms with Crippen molar-refractivity contribution in [2.45, 2.75) is 72.3 Å². The summed E-state index contributed by atoms with van der Waals surface area (Å²) in [6, 6.07) is 5.85. The predicted octanol–water partition coefficient (Wildman–Crippen LogP) is 5.55. The van der Waals surface area contributed by atoms with Gasteiger partial charge in [-0.05, 0) is 82.6 Å². The first-order chi connectivity index (χ1) is 15.7. The van der Waals surface area contributed by atoms with Crippen LogP contribution in [0.15, 0.2) is 22.7 Å². The molecule has 1 aromatic carbocycles. The lowest BCUT2D eigenvalue weighted by Gasteiger charge is -2.54. The molecule has 0 spiro atoms. The third kappa shape index (κ3) is 5.65. The number of methoxy groups -OCH3 is 1. The van der Waals surface area contributed by atoms with Gasteiger partial charge in [0.15, 0.2) is 0 Å². The van der Waals surface area contributed by atoms with Gasteiger partial charge in [0.05, 0.1) is 23.1 Å². The number of piperazine rings is 1. The van der Waals surface area contributed by atoms with Gasteiger partial charge in [0.1, 0.15) is 5.75 Å². The minimum absolute atomic E-state index is 0.000247. The number of likely N-dealkylation sites (N-methyl/N-ethyl adjacent to an activating group) is 1. The maximum atomic E-state index is 14.2. The highest BCUT2D eigenvalue weighted by Gasteiger charge is 2.56. The number of ether oxygens (including phenoxy) is 1. The Labute approximate surface area is 215 Å². The fourth-order valence-corrected chi connectivity index (χ4v) is 6.70. The average Bonchev–Trinajstić information content (AvgIpc) is 2.73. The number of hydrogen-bond donors (Lipinski definition) is 1. The van der Waals surface area contributed by atoms with Gasteiger partial charge < -0.3 is 19.6 Å². The van der Waals surface area contributed by atoms with Gasteiger partial charge in [-0.2, -0.15) is 0 Å². The normalized spacial score (nSPS) is 28.0. The molecule has 0 radical (unpaired) electrons. The minimum atomic E-state index is -1.12. The zero-order valence-electron chi connectivity index (χ0n) is 22.4. The summed E-state index contributed by atoms with van der Waals surface area (Å²) in [5.41, 5.74) is -0.217. The van der Waals surface area contributed by atoms with Crippen LogP contribution in [-0.2, 0) is 4.79 Å². The first-order valence-corrected chi connectivity index (χ1v) is 13.5. The van der Waals surface area contributed by atoms with E-state index in [9.17, 15) is 9.90 Å². The number of amides is 1. The standard InChI is InChI=1S/C28H45BrN2O3/c1-26(2,3)20-11-12-28(33,23(18-20)27(4,5)6)24(19-9-10-22(34-8)21(29)17-19)25(32)31-15-13-30(7)14-16-31/h9-10,17,20,23-24,33H,11-16,18H2,1-8H3. The van der Waals surface area contributed by atoms with Gasteiger partial charge in [-0.15, -0.1) is 0 Å². The molecule has 1 saturated heterocycles. The van der Waals surface area contributed by atoms with Crippen LogP contribution < -0.4 is 4.74 Å². The molecule has 1 amide bonds. The molecule has 2 aliphatic rings. The van der Waals surface area contributed by atoms with E-state index in [0.717, 1.165) is 41.7 Å². The second-order valence-corrected chi connectivity index (χ2v) is 13.6. The molecule has 1 saturated carbocycles. The third-order valence-corrected chi connectivity index (χ3v) is 8.98. The second-order valence-electron chi connectivity index (χ2n) is 12.7. The number of hydrogen-bond acceptors (Lipinski definition) is 4. The highest BCUT2D eigenvalue weighted by molar-refractivity contribution is 9.10. The number of benzene rings is 1. The topological polar surface area (TPSA) is 53.0 Å². The number of halogens is 1. The molecule has 0 aromatic heterocycles.